The van der Waals surface area contributed by atoms with Crippen LogP contribution in [0, 0.1) is 5.92 Å². The van der Waals surface area contributed by atoms with Crippen LogP contribution in [0.25, 0.3) is 11.0 Å². The van der Waals surface area contributed by atoms with Gasteiger partial charge in [0.1, 0.15) is 11.3 Å². The molecule has 21 heavy (non-hydrogen) atoms. The van der Waals surface area contributed by atoms with E-state index in [0.717, 1.165) is 30.2 Å². The SMILES string of the molecule is CCc1c(C(C)NCCCCC(C)C)oc2ccccc12. The lowest BCUT2D eigenvalue weighted by Crippen LogP contribution is -2.20. The van der Waals surface area contributed by atoms with Gasteiger partial charge in [-0.2, -0.15) is 0 Å². The van der Waals surface area contributed by atoms with Gasteiger partial charge in [0.2, 0.25) is 0 Å². The average molecular weight is 287 g/mol. The number of furan rings is 1. The maximum absolute atomic E-state index is 6.08. The number of unbranched alkanes of at least 4 members (excludes halogenated alkanes) is 1. The number of aryl methyl sites for hydroxylation is 1. The Kier molecular flexibility index (Phi) is 5.86. The molecule has 0 fully saturated rings. The summed E-state index contributed by atoms with van der Waals surface area (Å²) in [5.74, 6) is 1.92. The van der Waals surface area contributed by atoms with Crippen molar-refractivity contribution in [3.63, 3.8) is 0 Å². The van der Waals surface area contributed by atoms with Crippen LogP contribution in [0.3, 0.4) is 0 Å². The molecular weight excluding hydrogens is 258 g/mol. The zero-order chi connectivity index (χ0) is 15.2. The smallest absolute Gasteiger partial charge is 0.134 e. The first kappa shape index (κ1) is 16.1. The van der Waals surface area contributed by atoms with E-state index in [1.165, 1.54) is 30.2 Å². The Bertz CT molecular complexity index is 556. The quantitative estimate of drug-likeness (QED) is 0.651. The molecule has 1 unspecified atom stereocenters. The summed E-state index contributed by atoms with van der Waals surface area (Å²) >= 11 is 0. The summed E-state index contributed by atoms with van der Waals surface area (Å²) in [7, 11) is 0. The minimum Gasteiger partial charge on any atom is -0.459 e. The number of hydrogen-bond donors (Lipinski definition) is 1. The highest BCUT2D eigenvalue weighted by Crippen LogP contribution is 2.30. The molecule has 1 aromatic carbocycles. The van der Waals surface area contributed by atoms with Gasteiger partial charge in [0.15, 0.2) is 0 Å². The summed E-state index contributed by atoms with van der Waals surface area (Å²) < 4.78 is 6.08. The Balaban J connectivity index is 1.97. The van der Waals surface area contributed by atoms with Crippen molar-refractivity contribution in [1.82, 2.24) is 5.32 Å². The van der Waals surface area contributed by atoms with Crippen LogP contribution in [0.2, 0.25) is 0 Å². The van der Waals surface area contributed by atoms with E-state index in [2.05, 4.69) is 51.2 Å². The molecule has 1 aromatic heterocycles. The molecule has 0 saturated carbocycles. The third-order valence-electron chi connectivity index (χ3n) is 4.14. The van der Waals surface area contributed by atoms with Gasteiger partial charge in [-0.1, -0.05) is 51.8 Å². The maximum Gasteiger partial charge on any atom is 0.134 e. The first-order valence-corrected chi connectivity index (χ1v) is 8.37. The second kappa shape index (κ2) is 7.65. The Morgan fingerprint density at radius 2 is 1.86 bits per heavy atom. The molecule has 1 N–H and O–H groups in total. The topological polar surface area (TPSA) is 25.2 Å². The van der Waals surface area contributed by atoms with Gasteiger partial charge in [-0.25, -0.2) is 0 Å². The van der Waals surface area contributed by atoms with E-state index in [-0.39, 0.29) is 6.04 Å². The third-order valence-corrected chi connectivity index (χ3v) is 4.14. The summed E-state index contributed by atoms with van der Waals surface area (Å²) in [6.07, 6.45) is 4.88. The van der Waals surface area contributed by atoms with Crippen LogP contribution in [0.15, 0.2) is 28.7 Å². The molecule has 2 aromatic rings. The molecule has 0 radical (unpaired) electrons. The molecule has 1 atom stereocenters. The fourth-order valence-corrected chi connectivity index (χ4v) is 2.92. The number of fused-ring (bicyclic) bond motifs is 1. The van der Waals surface area contributed by atoms with Gasteiger partial charge in [-0.15, -0.1) is 0 Å². The summed E-state index contributed by atoms with van der Waals surface area (Å²) in [6.45, 7) is 10.1. The molecule has 0 aliphatic carbocycles. The molecule has 0 saturated heterocycles. The minimum absolute atomic E-state index is 0.284. The van der Waals surface area contributed by atoms with Crippen molar-refractivity contribution in [3.8, 4) is 0 Å². The summed E-state index contributed by atoms with van der Waals surface area (Å²) in [5.41, 5.74) is 2.37. The molecule has 1 heterocycles. The average Bonchev–Trinajstić information content (AvgIpc) is 2.85. The van der Waals surface area contributed by atoms with Crippen molar-refractivity contribution < 1.29 is 4.42 Å². The highest BCUT2D eigenvalue weighted by atomic mass is 16.3. The van der Waals surface area contributed by atoms with Crippen LogP contribution in [0.4, 0.5) is 0 Å². The Labute approximate surface area is 128 Å². The molecule has 0 aliphatic rings. The van der Waals surface area contributed by atoms with E-state index in [0.29, 0.717) is 0 Å². The van der Waals surface area contributed by atoms with E-state index in [9.17, 15) is 0 Å². The predicted octanol–water partition coefficient (Wildman–Crippen LogP) is 5.47. The number of para-hydroxylation sites is 1. The van der Waals surface area contributed by atoms with Crippen molar-refractivity contribution in [2.24, 2.45) is 5.92 Å². The van der Waals surface area contributed by atoms with E-state index in [1.54, 1.807) is 0 Å². The first-order chi connectivity index (χ1) is 10.1. The van der Waals surface area contributed by atoms with Gasteiger partial charge in [0, 0.05) is 10.9 Å². The Morgan fingerprint density at radius 1 is 1.10 bits per heavy atom. The van der Waals surface area contributed by atoms with Gasteiger partial charge in [0.25, 0.3) is 0 Å². The van der Waals surface area contributed by atoms with E-state index in [4.69, 9.17) is 4.42 Å². The zero-order valence-electron chi connectivity index (χ0n) is 13.9. The first-order valence-electron chi connectivity index (χ1n) is 8.37. The summed E-state index contributed by atoms with van der Waals surface area (Å²) in [4.78, 5) is 0. The molecule has 0 aliphatic heterocycles. The molecule has 0 spiro atoms. The van der Waals surface area contributed by atoms with Gasteiger partial charge < -0.3 is 9.73 Å². The summed E-state index contributed by atoms with van der Waals surface area (Å²) in [5, 5.41) is 4.88. The molecule has 116 valence electrons. The zero-order valence-corrected chi connectivity index (χ0v) is 13.9. The van der Waals surface area contributed by atoms with E-state index < -0.39 is 0 Å². The van der Waals surface area contributed by atoms with Crippen molar-refractivity contribution in [2.45, 2.75) is 59.4 Å². The molecular formula is C19H29NO. The Morgan fingerprint density at radius 3 is 2.57 bits per heavy atom. The van der Waals surface area contributed by atoms with Gasteiger partial charge >= 0.3 is 0 Å². The van der Waals surface area contributed by atoms with Crippen LogP contribution >= 0.6 is 0 Å². The monoisotopic (exact) mass is 287 g/mol. The minimum atomic E-state index is 0.284. The number of benzene rings is 1. The van der Waals surface area contributed by atoms with Gasteiger partial charge in [0.05, 0.1) is 6.04 Å². The van der Waals surface area contributed by atoms with E-state index in [1.807, 2.05) is 6.07 Å². The van der Waals surface area contributed by atoms with Crippen molar-refractivity contribution >= 4 is 11.0 Å². The lowest BCUT2D eigenvalue weighted by Gasteiger charge is -2.13. The van der Waals surface area contributed by atoms with Crippen molar-refractivity contribution in [3.05, 3.63) is 35.6 Å². The second-order valence-corrected chi connectivity index (χ2v) is 6.36. The molecule has 2 rings (SSSR count). The van der Waals surface area contributed by atoms with Crippen LogP contribution < -0.4 is 5.32 Å². The third kappa shape index (κ3) is 4.10. The molecule has 2 heteroatoms. The fourth-order valence-electron chi connectivity index (χ4n) is 2.92. The molecule has 0 bridgehead atoms. The number of rotatable bonds is 8. The van der Waals surface area contributed by atoms with Crippen molar-refractivity contribution in [1.29, 1.82) is 0 Å². The lowest BCUT2D eigenvalue weighted by molar-refractivity contribution is 0.434. The standard InChI is InChI=1S/C19H29NO/c1-5-16-17-11-6-7-12-18(17)21-19(16)15(4)20-13-9-8-10-14(2)3/h6-7,11-12,14-15,20H,5,8-10,13H2,1-4H3. The normalized spacial score (nSPS) is 13.2. The molecule has 2 nitrogen and oxygen atoms in total. The van der Waals surface area contributed by atoms with Crippen LogP contribution in [0.5, 0.6) is 0 Å². The van der Waals surface area contributed by atoms with E-state index >= 15 is 0 Å². The lowest BCUT2D eigenvalue weighted by atomic mass is 10.0. The fraction of sp³-hybridized carbons (Fsp3) is 0.579. The van der Waals surface area contributed by atoms with Crippen LogP contribution in [-0.2, 0) is 6.42 Å². The number of nitrogens with one attached hydrogen (secondary N) is 1. The largest absolute Gasteiger partial charge is 0.459 e. The highest BCUT2D eigenvalue weighted by molar-refractivity contribution is 5.82. The van der Waals surface area contributed by atoms with Crippen LogP contribution in [0.1, 0.15) is 64.3 Å². The van der Waals surface area contributed by atoms with Gasteiger partial charge in [-0.05, 0) is 38.3 Å². The summed E-state index contributed by atoms with van der Waals surface area (Å²) in [6, 6.07) is 8.64. The predicted molar refractivity (Wildman–Crippen MR) is 90.7 cm³/mol. The highest BCUT2D eigenvalue weighted by Gasteiger charge is 2.17. The second-order valence-electron chi connectivity index (χ2n) is 6.36. The van der Waals surface area contributed by atoms with Crippen molar-refractivity contribution in [2.75, 3.05) is 6.54 Å². The van der Waals surface area contributed by atoms with Crippen LogP contribution in [-0.4, -0.2) is 6.54 Å². The van der Waals surface area contributed by atoms with Gasteiger partial charge in [-0.3, -0.25) is 0 Å². The molecule has 0 amide bonds. The number of hydrogen-bond acceptors (Lipinski definition) is 2. The maximum atomic E-state index is 6.08. The Hall–Kier alpha value is -1.28.